The number of phenolic OH excluding ortho intramolecular Hbond substituents is 1. The summed E-state index contributed by atoms with van der Waals surface area (Å²) in [5.74, 6) is 0.188. The first-order valence-corrected chi connectivity index (χ1v) is 10.7. The first-order chi connectivity index (χ1) is 15.2. The lowest BCUT2D eigenvalue weighted by Gasteiger charge is -2.05. The molecule has 150 valence electrons. The van der Waals surface area contributed by atoms with Gasteiger partial charge in [0.2, 0.25) is 0 Å². The van der Waals surface area contributed by atoms with Crippen LogP contribution in [0, 0.1) is 11.3 Å². The molecule has 0 saturated heterocycles. The summed E-state index contributed by atoms with van der Waals surface area (Å²) in [4.78, 5) is 5.63. The Morgan fingerprint density at radius 2 is 1.61 bits per heavy atom. The number of allylic oxidation sites excluding steroid dienone is 1. The molecule has 0 saturated carbocycles. The maximum atomic E-state index is 10.5. The molecule has 0 amide bonds. The molecule has 0 aliphatic rings. The zero-order valence-electron chi connectivity index (χ0n) is 16.8. The summed E-state index contributed by atoms with van der Waals surface area (Å²) in [5, 5.41) is 21.2. The summed E-state index contributed by atoms with van der Waals surface area (Å²) in [6, 6.07) is 27.8. The minimum atomic E-state index is 0.188. The second-order valence-electron chi connectivity index (χ2n) is 6.94. The van der Waals surface area contributed by atoms with Crippen LogP contribution in [0.5, 0.6) is 5.75 Å². The minimum Gasteiger partial charge on any atom is -0.507 e. The Bertz CT molecular complexity index is 1280. The molecule has 0 aliphatic carbocycles. The summed E-state index contributed by atoms with van der Waals surface area (Å²) in [7, 11) is 0. The van der Waals surface area contributed by atoms with Crippen LogP contribution in [0.4, 0.5) is 5.00 Å². The van der Waals surface area contributed by atoms with Crippen molar-refractivity contribution in [2.75, 3.05) is 0 Å². The molecule has 0 bridgehead atoms. The molecule has 0 fully saturated rings. The molecule has 1 heterocycles. The molecule has 4 aromatic rings. The lowest BCUT2D eigenvalue weighted by atomic mass is 9.99. The van der Waals surface area contributed by atoms with Crippen molar-refractivity contribution in [3.63, 3.8) is 0 Å². The van der Waals surface area contributed by atoms with E-state index in [1.54, 1.807) is 18.4 Å². The summed E-state index contributed by atoms with van der Waals surface area (Å²) < 4.78 is 0. The van der Waals surface area contributed by atoms with Crippen molar-refractivity contribution in [2.45, 2.75) is 6.42 Å². The molecule has 0 unspecified atom stereocenters. The number of aliphatic imine (C=N–C) groups is 1. The molecular weight excluding hydrogens is 400 g/mol. The van der Waals surface area contributed by atoms with Crippen LogP contribution in [-0.2, 0) is 6.42 Å². The number of para-hydroxylation sites is 1. The quantitative estimate of drug-likeness (QED) is 0.266. The van der Waals surface area contributed by atoms with E-state index in [1.165, 1.54) is 11.3 Å². The van der Waals surface area contributed by atoms with Crippen LogP contribution in [0.3, 0.4) is 0 Å². The second-order valence-corrected chi connectivity index (χ2v) is 7.94. The Morgan fingerprint density at radius 1 is 0.935 bits per heavy atom. The average Bonchev–Trinajstić information content (AvgIpc) is 3.19. The van der Waals surface area contributed by atoms with Gasteiger partial charge < -0.3 is 5.11 Å². The van der Waals surface area contributed by atoms with Crippen molar-refractivity contribution in [2.24, 2.45) is 4.99 Å². The minimum absolute atomic E-state index is 0.188. The van der Waals surface area contributed by atoms with E-state index in [2.05, 4.69) is 17.6 Å². The number of hydrogen-bond donors (Lipinski definition) is 1. The highest BCUT2D eigenvalue weighted by molar-refractivity contribution is 7.20. The number of nitriles is 1. The van der Waals surface area contributed by atoms with Crippen molar-refractivity contribution in [3.05, 3.63) is 108 Å². The van der Waals surface area contributed by atoms with Gasteiger partial charge in [0.1, 0.15) is 16.8 Å². The number of thiophene rings is 1. The maximum absolute atomic E-state index is 10.5. The monoisotopic (exact) mass is 420 g/mol. The SMILES string of the molecule is C=CCc1cccc(C=Nc2sc(-c3ccccc3)c(-c3ccccc3)c2C#N)c1O. The van der Waals surface area contributed by atoms with Crippen LogP contribution in [0.15, 0.2) is 96.5 Å². The van der Waals surface area contributed by atoms with Gasteiger partial charge in [0.05, 0.1) is 5.56 Å². The van der Waals surface area contributed by atoms with Crippen LogP contribution in [0.25, 0.3) is 21.6 Å². The number of nitrogens with zero attached hydrogens (tertiary/aromatic N) is 2. The van der Waals surface area contributed by atoms with Crippen LogP contribution >= 0.6 is 11.3 Å². The highest BCUT2D eigenvalue weighted by atomic mass is 32.1. The largest absolute Gasteiger partial charge is 0.507 e. The fourth-order valence-electron chi connectivity index (χ4n) is 3.45. The van der Waals surface area contributed by atoms with Gasteiger partial charge in [-0.15, -0.1) is 17.9 Å². The first-order valence-electron chi connectivity index (χ1n) is 9.86. The lowest BCUT2D eigenvalue weighted by Crippen LogP contribution is -1.88. The van der Waals surface area contributed by atoms with Gasteiger partial charge in [-0.25, -0.2) is 4.99 Å². The molecular formula is C27H20N2OS. The smallest absolute Gasteiger partial charge is 0.135 e. The van der Waals surface area contributed by atoms with E-state index in [4.69, 9.17) is 0 Å². The van der Waals surface area contributed by atoms with E-state index < -0.39 is 0 Å². The molecule has 1 N–H and O–H groups in total. The third kappa shape index (κ3) is 4.18. The summed E-state index contributed by atoms with van der Waals surface area (Å²) in [5.41, 5.74) is 4.84. The molecule has 31 heavy (non-hydrogen) atoms. The highest BCUT2D eigenvalue weighted by Gasteiger charge is 2.20. The lowest BCUT2D eigenvalue weighted by molar-refractivity contribution is 0.469. The highest BCUT2D eigenvalue weighted by Crippen LogP contribution is 2.46. The van der Waals surface area contributed by atoms with Gasteiger partial charge in [-0.1, -0.05) is 78.9 Å². The fourth-order valence-corrected chi connectivity index (χ4v) is 4.58. The Balaban J connectivity index is 1.86. The third-order valence-corrected chi connectivity index (χ3v) is 6.08. The predicted octanol–water partition coefficient (Wildman–Crippen LogP) is 7.14. The van der Waals surface area contributed by atoms with Gasteiger partial charge in [0.25, 0.3) is 0 Å². The number of aromatic hydroxyl groups is 1. The van der Waals surface area contributed by atoms with Crippen molar-refractivity contribution in [1.29, 1.82) is 5.26 Å². The number of hydrogen-bond acceptors (Lipinski definition) is 4. The predicted molar refractivity (Wildman–Crippen MR) is 129 cm³/mol. The maximum Gasteiger partial charge on any atom is 0.135 e. The Hall–Kier alpha value is -3.94. The summed E-state index contributed by atoms with van der Waals surface area (Å²) in [6.45, 7) is 3.73. The molecule has 0 atom stereocenters. The van der Waals surface area contributed by atoms with E-state index >= 15 is 0 Å². The zero-order valence-corrected chi connectivity index (χ0v) is 17.6. The fraction of sp³-hybridized carbons (Fsp3) is 0.0370. The zero-order chi connectivity index (χ0) is 21.6. The topological polar surface area (TPSA) is 56.4 Å². The van der Waals surface area contributed by atoms with E-state index in [9.17, 15) is 10.4 Å². The third-order valence-electron chi connectivity index (χ3n) is 4.94. The number of rotatable bonds is 6. The summed E-state index contributed by atoms with van der Waals surface area (Å²) >= 11 is 1.48. The van der Waals surface area contributed by atoms with Crippen molar-refractivity contribution >= 4 is 22.6 Å². The average molecular weight is 421 g/mol. The van der Waals surface area contributed by atoms with Gasteiger partial charge in [-0.2, -0.15) is 5.26 Å². The van der Waals surface area contributed by atoms with Crippen molar-refractivity contribution in [1.82, 2.24) is 0 Å². The Morgan fingerprint density at radius 3 is 2.26 bits per heavy atom. The summed E-state index contributed by atoms with van der Waals surface area (Å²) in [6.07, 6.45) is 3.95. The molecule has 3 aromatic carbocycles. The van der Waals surface area contributed by atoms with Gasteiger partial charge in [-0.3, -0.25) is 0 Å². The molecule has 4 rings (SSSR count). The van der Waals surface area contributed by atoms with Crippen LogP contribution < -0.4 is 0 Å². The van der Waals surface area contributed by atoms with E-state index in [0.29, 0.717) is 22.5 Å². The Labute approximate surface area is 185 Å². The number of benzene rings is 3. The second kappa shape index (κ2) is 9.25. The van der Waals surface area contributed by atoms with Gasteiger partial charge in [0, 0.05) is 22.2 Å². The first kappa shape index (κ1) is 20.3. The van der Waals surface area contributed by atoms with E-state index in [0.717, 1.165) is 27.1 Å². The van der Waals surface area contributed by atoms with E-state index in [-0.39, 0.29) is 5.75 Å². The molecule has 0 radical (unpaired) electrons. The Kier molecular flexibility index (Phi) is 6.07. The van der Waals surface area contributed by atoms with Crippen LogP contribution in [0.2, 0.25) is 0 Å². The van der Waals surface area contributed by atoms with Gasteiger partial charge in [-0.05, 0) is 29.2 Å². The molecule has 1 aromatic heterocycles. The van der Waals surface area contributed by atoms with E-state index in [1.807, 2.05) is 72.8 Å². The van der Waals surface area contributed by atoms with Crippen molar-refractivity contribution < 1.29 is 5.11 Å². The van der Waals surface area contributed by atoms with Crippen LogP contribution in [-0.4, -0.2) is 11.3 Å². The normalized spacial score (nSPS) is 10.8. The molecule has 4 heteroatoms. The van der Waals surface area contributed by atoms with Gasteiger partial charge >= 0.3 is 0 Å². The van der Waals surface area contributed by atoms with Gasteiger partial charge in [0.15, 0.2) is 0 Å². The standard InChI is InChI=1S/C27H20N2OS/c1-2-10-20-15-9-16-22(25(20)30)18-29-27-23(17-28)24(19-11-5-3-6-12-19)26(31-27)21-13-7-4-8-14-21/h2-9,11-16,18,30H,1,10H2. The molecule has 0 aliphatic heterocycles. The van der Waals surface area contributed by atoms with Crippen molar-refractivity contribution in [3.8, 4) is 33.4 Å². The number of phenols is 1. The van der Waals surface area contributed by atoms with Crippen LogP contribution in [0.1, 0.15) is 16.7 Å². The molecule has 0 spiro atoms. The molecule has 3 nitrogen and oxygen atoms in total.